The van der Waals surface area contributed by atoms with E-state index >= 15 is 0 Å². The zero-order valence-corrected chi connectivity index (χ0v) is 15.2. The van der Waals surface area contributed by atoms with Gasteiger partial charge in [-0.3, -0.25) is 4.79 Å². The Morgan fingerprint density at radius 3 is 2.77 bits per heavy atom. The van der Waals surface area contributed by atoms with Crippen molar-refractivity contribution in [1.82, 2.24) is 4.90 Å². The van der Waals surface area contributed by atoms with E-state index in [0.29, 0.717) is 44.5 Å². The van der Waals surface area contributed by atoms with Gasteiger partial charge in [-0.1, -0.05) is 0 Å². The SMILES string of the molecule is C[C@@]1(O)CCOC2(CCN(C(=O)c3ccc4c(c3)CCCO4)CC2)[C@H]1O. The number of carbonyl (C=O) groups is 1. The Bertz CT molecular complexity index is 693. The van der Waals surface area contributed by atoms with Gasteiger partial charge >= 0.3 is 0 Å². The Kier molecular flexibility index (Phi) is 4.45. The number of amides is 1. The Labute approximate surface area is 153 Å². The molecule has 6 nitrogen and oxygen atoms in total. The molecule has 142 valence electrons. The van der Waals surface area contributed by atoms with Crippen molar-refractivity contribution < 1.29 is 24.5 Å². The molecule has 3 heterocycles. The fraction of sp³-hybridized carbons (Fsp3) is 0.650. The molecule has 0 unspecified atom stereocenters. The van der Waals surface area contributed by atoms with Gasteiger partial charge in [-0.05, 0) is 56.4 Å². The predicted octanol–water partition coefficient (Wildman–Crippen LogP) is 1.52. The number of hydrogen-bond donors (Lipinski definition) is 2. The van der Waals surface area contributed by atoms with Crippen molar-refractivity contribution in [3.63, 3.8) is 0 Å². The summed E-state index contributed by atoms with van der Waals surface area (Å²) in [7, 11) is 0. The van der Waals surface area contributed by atoms with Crippen molar-refractivity contribution in [2.75, 3.05) is 26.3 Å². The molecule has 6 heteroatoms. The summed E-state index contributed by atoms with van der Waals surface area (Å²) in [4.78, 5) is 14.7. The number of aliphatic hydroxyl groups excluding tert-OH is 1. The molecule has 0 radical (unpaired) electrons. The number of hydrogen-bond acceptors (Lipinski definition) is 5. The van der Waals surface area contributed by atoms with Crippen LogP contribution in [0.3, 0.4) is 0 Å². The lowest BCUT2D eigenvalue weighted by atomic mass is 9.75. The third kappa shape index (κ3) is 3.00. The van der Waals surface area contributed by atoms with E-state index in [2.05, 4.69) is 0 Å². The van der Waals surface area contributed by atoms with Gasteiger partial charge in [-0.25, -0.2) is 0 Å². The zero-order valence-electron chi connectivity index (χ0n) is 15.2. The number of fused-ring (bicyclic) bond motifs is 1. The largest absolute Gasteiger partial charge is 0.493 e. The quantitative estimate of drug-likeness (QED) is 0.793. The van der Waals surface area contributed by atoms with Crippen LogP contribution in [-0.2, 0) is 11.2 Å². The predicted molar refractivity (Wildman–Crippen MR) is 95.3 cm³/mol. The number of likely N-dealkylation sites (tertiary alicyclic amines) is 1. The van der Waals surface area contributed by atoms with Crippen LogP contribution in [0, 0.1) is 0 Å². The van der Waals surface area contributed by atoms with E-state index < -0.39 is 17.3 Å². The average Bonchev–Trinajstić information content (AvgIpc) is 2.66. The molecular weight excluding hydrogens is 334 g/mol. The van der Waals surface area contributed by atoms with Crippen molar-refractivity contribution in [1.29, 1.82) is 0 Å². The van der Waals surface area contributed by atoms with Gasteiger partial charge in [0.2, 0.25) is 0 Å². The van der Waals surface area contributed by atoms with E-state index in [0.717, 1.165) is 30.8 Å². The van der Waals surface area contributed by atoms with Gasteiger partial charge < -0.3 is 24.6 Å². The number of ether oxygens (including phenoxy) is 2. The summed E-state index contributed by atoms with van der Waals surface area (Å²) in [5, 5.41) is 21.0. The van der Waals surface area contributed by atoms with E-state index in [4.69, 9.17) is 9.47 Å². The first-order chi connectivity index (χ1) is 12.4. The molecule has 0 aliphatic carbocycles. The number of rotatable bonds is 1. The number of carbonyl (C=O) groups excluding carboxylic acids is 1. The van der Waals surface area contributed by atoms with Crippen LogP contribution in [-0.4, -0.2) is 64.6 Å². The van der Waals surface area contributed by atoms with Crippen LogP contribution in [0.25, 0.3) is 0 Å². The topological polar surface area (TPSA) is 79.2 Å². The second-order valence-electron chi connectivity index (χ2n) is 7.99. The van der Waals surface area contributed by atoms with Crippen molar-refractivity contribution in [3.05, 3.63) is 29.3 Å². The second kappa shape index (κ2) is 6.51. The molecule has 2 fully saturated rings. The summed E-state index contributed by atoms with van der Waals surface area (Å²) in [5.74, 6) is 0.886. The summed E-state index contributed by atoms with van der Waals surface area (Å²) < 4.78 is 11.5. The smallest absolute Gasteiger partial charge is 0.253 e. The Morgan fingerprint density at radius 1 is 1.23 bits per heavy atom. The molecule has 3 aliphatic heterocycles. The van der Waals surface area contributed by atoms with Gasteiger partial charge in [-0.2, -0.15) is 0 Å². The molecule has 4 rings (SSSR count). The van der Waals surface area contributed by atoms with Gasteiger partial charge in [0.1, 0.15) is 17.5 Å². The molecule has 1 aromatic carbocycles. The fourth-order valence-corrected chi connectivity index (χ4v) is 4.43. The molecule has 3 aliphatic rings. The maximum atomic E-state index is 12.9. The summed E-state index contributed by atoms with van der Waals surface area (Å²) in [5.41, 5.74) is -0.106. The van der Waals surface area contributed by atoms with Gasteiger partial charge in [0.05, 0.1) is 18.8 Å². The van der Waals surface area contributed by atoms with Crippen LogP contribution in [0.2, 0.25) is 0 Å². The van der Waals surface area contributed by atoms with Crippen LogP contribution in [0.15, 0.2) is 18.2 Å². The molecule has 0 aromatic heterocycles. The molecule has 1 aromatic rings. The van der Waals surface area contributed by atoms with Crippen LogP contribution in [0.1, 0.15) is 48.5 Å². The monoisotopic (exact) mass is 361 g/mol. The Balaban J connectivity index is 1.45. The molecule has 26 heavy (non-hydrogen) atoms. The van der Waals surface area contributed by atoms with Crippen LogP contribution < -0.4 is 4.74 Å². The minimum atomic E-state index is -1.14. The minimum Gasteiger partial charge on any atom is -0.493 e. The van der Waals surface area contributed by atoms with Crippen molar-refractivity contribution >= 4 is 5.91 Å². The standard InChI is InChI=1S/C20H27NO5/c1-19(24)8-12-26-20(18(19)23)6-9-21(10-7-20)17(22)15-4-5-16-14(13-15)3-2-11-25-16/h4-5,13,18,23-24H,2-3,6-12H2,1H3/t18-,19+/m0/s1. The lowest BCUT2D eigenvalue weighted by Gasteiger charge is -2.51. The van der Waals surface area contributed by atoms with Gasteiger partial charge in [0.15, 0.2) is 0 Å². The van der Waals surface area contributed by atoms with E-state index in [1.54, 1.807) is 6.92 Å². The normalized spacial score (nSPS) is 30.6. The zero-order chi connectivity index (χ0) is 18.4. The summed E-state index contributed by atoms with van der Waals surface area (Å²) in [6, 6.07) is 5.66. The number of benzene rings is 1. The highest BCUT2D eigenvalue weighted by Crippen LogP contribution is 2.40. The second-order valence-corrected chi connectivity index (χ2v) is 7.99. The lowest BCUT2D eigenvalue weighted by Crippen LogP contribution is -2.64. The van der Waals surface area contributed by atoms with E-state index in [1.807, 2.05) is 23.1 Å². The maximum absolute atomic E-state index is 12.9. The molecular formula is C20H27NO5. The molecule has 1 amide bonds. The first kappa shape index (κ1) is 17.8. The average molecular weight is 361 g/mol. The summed E-state index contributed by atoms with van der Waals surface area (Å²) in [6.07, 6.45) is 2.48. The van der Waals surface area contributed by atoms with Gasteiger partial charge in [-0.15, -0.1) is 0 Å². The summed E-state index contributed by atoms with van der Waals surface area (Å²) in [6.45, 7) is 3.86. The first-order valence-corrected chi connectivity index (χ1v) is 9.51. The molecule has 0 bridgehead atoms. The lowest BCUT2D eigenvalue weighted by molar-refractivity contribution is -0.244. The maximum Gasteiger partial charge on any atom is 0.253 e. The van der Waals surface area contributed by atoms with Crippen molar-refractivity contribution in [3.8, 4) is 5.75 Å². The molecule has 2 N–H and O–H groups in total. The third-order valence-electron chi connectivity index (χ3n) is 6.14. The summed E-state index contributed by atoms with van der Waals surface area (Å²) >= 11 is 0. The fourth-order valence-electron chi connectivity index (χ4n) is 4.43. The third-order valence-corrected chi connectivity index (χ3v) is 6.14. The van der Waals surface area contributed by atoms with Crippen LogP contribution in [0.4, 0.5) is 0 Å². The molecule has 2 saturated heterocycles. The van der Waals surface area contributed by atoms with Gasteiger partial charge in [0, 0.05) is 25.1 Å². The van der Waals surface area contributed by atoms with Crippen molar-refractivity contribution in [2.24, 2.45) is 0 Å². The number of aliphatic hydroxyl groups is 2. The Hall–Kier alpha value is -1.63. The van der Waals surface area contributed by atoms with Crippen molar-refractivity contribution in [2.45, 2.75) is 56.3 Å². The minimum absolute atomic E-state index is 0.00489. The Morgan fingerprint density at radius 2 is 2.00 bits per heavy atom. The van der Waals surface area contributed by atoms with E-state index in [-0.39, 0.29) is 5.91 Å². The number of piperidine rings is 1. The van der Waals surface area contributed by atoms with E-state index in [9.17, 15) is 15.0 Å². The first-order valence-electron chi connectivity index (χ1n) is 9.51. The molecule has 1 spiro atoms. The van der Waals surface area contributed by atoms with Gasteiger partial charge in [0.25, 0.3) is 5.91 Å². The highest BCUT2D eigenvalue weighted by molar-refractivity contribution is 5.94. The number of nitrogens with zero attached hydrogens (tertiary/aromatic N) is 1. The van der Waals surface area contributed by atoms with Crippen LogP contribution in [0.5, 0.6) is 5.75 Å². The number of aryl methyl sites for hydroxylation is 1. The van der Waals surface area contributed by atoms with E-state index in [1.165, 1.54) is 0 Å². The molecule has 2 atom stereocenters. The van der Waals surface area contributed by atoms with Crippen LogP contribution >= 0.6 is 0 Å². The highest BCUT2D eigenvalue weighted by atomic mass is 16.5. The highest BCUT2D eigenvalue weighted by Gasteiger charge is 2.52. The molecule has 0 saturated carbocycles.